The number of rotatable bonds is 1. The van der Waals surface area contributed by atoms with Gasteiger partial charge in [-0.2, -0.15) is 0 Å². The summed E-state index contributed by atoms with van der Waals surface area (Å²) >= 11 is 0. The molecule has 3 aromatic rings. The van der Waals surface area contributed by atoms with Crippen LogP contribution in [0.4, 0.5) is 0 Å². The van der Waals surface area contributed by atoms with E-state index in [-0.39, 0.29) is 11.5 Å². The Morgan fingerprint density at radius 2 is 1.78 bits per heavy atom. The second kappa shape index (κ2) is 5.52. The normalized spacial score (nSPS) is 19.0. The van der Waals surface area contributed by atoms with Gasteiger partial charge in [0.2, 0.25) is 0 Å². The van der Waals surface area contributed by atoms with Gasteiger partial charge in [-0.05, 0) is 42.2 Å². The van der Waals surface area contributed by atoms with Gasteiger partial charge in [0.25, 0.3) is 0 Å². The summed E-state index contributed by atoms with van der Waals surface area (Å²) in [5, 5.41) is 0.600. The minimum absolute atomic E-state index is 0.00647. The Morgan fingerprint density at radius 3 is 2.61 bits per heavy atom. The smallest absolute Gasteiger partial charge is 0.198 e. The van der Waals surface area contributed by atoms with E-state index in [1.54, 1.807) is 6.07 Å². The van der Waals surface area contributed by atoms with Gasteiger partial charge in [-0.3, -0.25) is 4.79 Å². The number of hydrogen-bond donors (Lipinski definition) is 1. The molecule has 0 bridgehead atoms. The lowest BCUT2D eigenvalue weighted by atomic mass is 9.87. The molecule has 1 atom stereocenters. The minimum atomic E-state index is -0.265. The lowest BCUT2D eigenvalue weighted by Crippen LogP contribution is -2.25. The average Bonchev–Trinajstić information content (AvgIpc) is 2.58. The van der Waals surface area contributed by atoms with Crippen molar-refractivity contribution in [2.75, 3.05) is 0 Å². The van der Waals surface area contributed by atoms with Crippen LogP contribution in [0.3, 0.4) is 0 Å². The van der Waals surface area contributed by atoms with Gasteiger partial charge < -0.3 is 10.2 Å². The predicted octanol–water partition coefficient (Wildman–Crippen LogP) is 4.13. The molecule has 0 amide bonds. The summed E-state index contributed by atoms with van der Waals surface area (Å²) in [6, 6.07) is 17.2. The van der Waals surface area contributed by atoms with Gasteiger partial charge >= 0.3 is 0 Å². The Labute approximate surface area is 134 Å². The van der Waals surface area contributed by atoms with Gasteiger partial charge in [0.1, 0.15) is 11.3 Å². The van der Waals surface area contributed by atoms with Crippen LogP contribution in [-0.4, -0.2) is 0 Å². The van der Waals surface area contributed by atoms with E-state index < -0.39 is 0 Å². The number of fused-ring (bicyclic) bond motifs is 2. The van der Waals surface area contributed by atoms with E-state index in [4.69, 9.17) is 10.2 Å². The molecule has 2 aromatic carbocycles. The molecule has 0 saturated heterocycles. The van der Waals surface area contributed by atoms with Gasteiger partial charge in [0.05, 0.1) is 10.9 Å². The second-order valence-electron chi connectivity index (χ2n) is 5.90. The van der Waals surface area contributed by atoms with Crippen LogP contribution < -0.4 is 11.2 Å². The van der Waals surface area contributed by atoms with Gasteiger partial charge in [0, 0.05) is 6.04 Å². The first kappa shape index (κ1) is 14.0. The maximum absolute atomic E-state index is 12.8. The maximum atomic E-state index is 12.8. The molecule has 23 heavy (non-hydrogen) atoms. The largest absolute Gasteiger partial charge is 0.456 e. The van der Waals surface area contributed by atoms with Gasteiger partial charge in [-0.25, -0.2) is 0 Å². The van der Waals surface area contributed by atoms with Crippen LogP contribution in [0.5, 0.6) is 0 Å². The fourth-order valence-corrected chi connectivity index (χ4v) is 3.19. The topological polar surface area (TPSA) is 56.2 Å². The highest BCUT2D eigenvalue weighted by atomic mass is 16.3. The molecule has 0 spiro atoms. The highest BCUT2D eigenvalue weighted by Crippen LogP contribution is 2.36. The summed E-state index contributed by atoms with van der Waals surface area (Å²) in [5.74, 6) is 0.649. The summed E-state index contributed by atoms with van der Waals surface area (Å²) in [5.41, 5.74) is 9.56. The summed E-state index contributed by atoms with van der Waals surface area (Å²) in [6.07, 6.45) is 3.65. The van der Waals surface area contributed by atoms with Crippen LogP contribution in [0, 0.1) is 0 Å². The molecule has 1 aliphatic carbocycles. The van der Waals surface area contributed by atoms with Crippen LogP contribution >= 0.6 is 0 Å². The lowest BCUT2D eigenvalue weighted by molar-refractivity contribution is 0.527. The third-order valence-corrected chi connectivity index (χ3v) is 4.36. The monoisotopic (exact) mass is 303 g/mol. The van der Waals surface area contributed by atoms with E-state index in [1.807, 2.05) is 48.5 Å². The molecule has 114 valence electrons. The molecular formula is C20H17NO2. The van der Waals surface area contributed by atoms with Crippen molar-refractivity contribution in [3.63, 3.8) is 0 Å². The van der Waals surface area contributed by atoms with Crippen molar-refractivity contribution in [1.82, 2.24) is 0 Å². The first-order valence-electron chi connectivity index (χ1n) is 7.81. The Balaban J connectivity index is 1.98. The zero-order valence-electron chi connectivity index (χ0n) is 12.7. The number of allylic oxidation sites excluding steroid dienone is 1. The standard InChI is InChI=1S/C20H17NO2/c21-16-11-10-14(12-13-6-2-1-3-7-13)20-18(16)19(22)15-8-4-5-9-17(15)23-20/h1-9,12,16H,10-11,21H2. The molecule has 4 rings (SSSR count). The van der Waals surface area contributed by atoms with Crippen molar-refractivity contribution in [3.8, 4) is 0 Å². The summed E-state index contributed by atoms with van der Waals surface area (Å²) in [7, 11) is 0. The molecule has 0 saturated carbocycles. The van der Waals surface area contributed by atoms with Crippen molar-refractivity contribution in [2.24, 2.45) is 5.73 Å². The number of nitrogens with two attached hydrogens (primary N) is 1. The molecule has 1 aliphatic rings. The van der Waals surface area contributed by atoms with E-state index >= 15 is 0 Å². The quantitative estimate of drug-likeness (QED) is 0.735. The SMILES string of the molecule is NC1CCC(=Cc2ccccc2)c2oc3ccccc3c(=O)c21. The highest BCUT2D eigenvalue weighted by Gasteiger charge is 2.27. The lowest BCUT2D eigenvalue weighted by Gasteiger charge is -2.23. The zero-order valence-corrected chi connectivity index (χ0v) is 12.7. The number of benzene rings is 2. The predicted molar refractivity (Wildman–Crippen MR) is 93.0 cm³/mol. The van der Waals surface area contributed by atoms with Crippen molar-refractivity contribution in [3.05, 3.63) is 81.7 Å². The van der Waals surface area contributed by atoms with Crippen LogP contribution in [0.2, 0.25) is 0 Å². The first-order valence-corrected chi connectivity index (χ1v) is 7.81. The summed E-state index contributed by atoms with van der Waals surface area (Å²) < 4.78 is 6.07. The van der Waals surface area contributed by atoms with Crippen molar-refractivity contribution in [2.45, 2.75) is 18.9 Å². The van der Waals surface area contributed by atoms with E-state index in [9.17, 15) is 4.79 Å². The van der Waals surface area contributed by atoms with Crippen LogP contribution in [0.25, 0.3) is 22.6 Å². The molecule has 0 fully saturated rings. The van der Waals surface area contributed by atoms with Crippen LogP contribution in [0.1, 0.15) is 35.8 Å². The third-order valence-electron chi connectivity index (χ3n) is 4.36. The highest BCUT2D eigenvalue weighted by molar-refractivity contribution is 5.85. The molecule has 1 heterocycles. The van der Waals surface area contributed by atoms with Crippen LogP contribution in [-0.2, 0) is 0 Å². The number of hydrogen-bond acceptors (Lipinski definition) is 3. The van der Waals surface area contributed by atoms with Gasteiger partial charge in [-0.15, -0.1) is 0 Å². The minimum Gasteiger partial charge on any atom is -0.456 e. The summed E-state index contributed by atoms with van der Waals surface area (Å²) in [4.78, 5) is 12.8. The average molecular weight is 303 g/mol. The fraction of sp³-hybridized carbons (Fsp3) is 0.150. The molecule has 1 aromatic heterocycles. The fourth-order valence-electron chi connectivity index (χ4n) is 3.19. The van der Waals surface area contributed by atoms with Crippen LogP contribution in [0.15, 0.2) is 63.8 Å². The summed E-state index contributed by atoms with van der Waals surface area (Å²) in [6.45, 7) is 0. The van der Waals surface area contributed by atoms with Gasteiger partial charge in [0.15, 0.2) is 5.43 Å². The molecular weight excluding hydrogens is 286 g/mol. The molecule has 1 unspecified atom stereocenters. The Morgan fingerprint density at radius 1 is 1.04 bits per heavy atom. The first-order chi connectivity index (χ1) is 11.2. The Kier molecular flexibility index (Phi) is 3.36. The molecule has 3 nitrogen and oxygen atoms in total. The van der Waals surface area contributed by atoms with E-state index in [0.29, 0.717) is 22.3 Å². The Bertz CT molecular complexity index is 954. The molecule has 0 aliphatic heterocycles. The van der Waals surface area contributed by atoms with E-state index in [0.717, 1.165) is 24.0 Å². The third kappa shape index (κ3) is 2.39. The zero-order chi connectivity index (χ0) is 15.8. The maximum Gasteiger partial charge on any atom is 0.198 e. The van der Waals surface area contributed by atoms with Crippen molar-refractivity contribution in [1.29, 1.82) is 0 Å². The molecule has 0 radical (unpaired) electrons. The molecule has 2 N–H and O–H groups in total. The number of para-hydroxylation sites is 1. The molecule has 3 heteroatoms. The van der Waals surface area contributed by atoms with Crippen molar-refractivity contribution < 1.29 is 4.42 Å². The van der Waals surface area contributed by atoms with Gasteiger partial charge in [-0.1, -0.05) is 42.5 Å². The Hall–Kier alpha value is -2.65. The van der Waals surface area contributed by atoms with E-state index in [2.05, 4.69) is 6.08 Å². The van der Waals surface area contributed by atoms with E-state index in [1.165, 1.54) is 0 Å². The second-order valence-corrected chi connectivity index (χ2v) is 5.90. The van der Waals surface area contributed by atoms with Crippen molar-refractivity contribution >= 4 is 22.6 Å².